The molecule has 0 amide bonds. The zero-order valence-corrected chi connectivity index (χ0v) is 10.2. The summed E-state index contributed by atoms with van der Waals surface area (Å²) >= 11 is 0. The molecule has 17 heavy (non-hydrogen) atoms. The maximum absolute atomic E-state index is 4.00. The number of hydrogen-bond acceptors (Lipinski definition) is 2. The van der Waals surface area contributed by atoms with Crippen molar-refractivity contribution in [3.63, 3.8) is 0 Å². The third-order valence-corrected chi connectivity index (χ3v) is 5.54. The zero-order chi connectivity index (χ0) is 11.2. The number of aromatic amines is 1. The van der Waals surface area contributed by atoms with Gasteiger partial charge in [-0.2, -0.15) is 5.10 Å². The Bertz CT molecular complexity index is 386. The Balaban J connectivity index is 1.41. The van der Waals surface area contributed by atoms with E-state index in [2.05, 4.69) is 21.6 Å². The number of rotatable bonds is 3. The van der Waals surface area contributed by atoms with Crippen LogP contribution in [-0.2, 0) is 6.54 Å². The molecule has 5 unspecified atom stereocenters. The molecule has 3 heteroatoms. The lowest BCUT2D eigenvalue weighted by atomic mass is 9.79. The summed E-state index contributed by atoms with van der Waals surface area (Å²) in [4.78, 5) is 0. The molecule has 3 saturated carbocycles. The fourth-order valence-corrected chi connectivity index (χ4v) is 4.93. The Labute approximate surface area is 102 Å². The average Bonchev–Trinajstić information content (AvgIpc) is 3.08. The van der Waals surface area contributed by atoms with E-state index in [0.29, 0.717) is 0 Å². The van der Waals surface area contributed by atoms with Gasteiger partial charge in [0.05, 0.1) is 0 Å². The predicted molar refractivity (Wildman–Crippen MR) is 66.3 cm³/mol. The maximum atomic E-state index is 4.00. The van der Waals surface area contributed by atoms with Gasteiger partial charge >= 0.3 is 0 Å². The average molecular weight is 231 g/mol. The molecule has 2 bridgehead atoms. The molecule has 3 nitrogen and oxygen atoms in total. The largest absolute Gasteiger partial charge is 0.308 e. The van der Waals surface area contributed by atoms with Crippen LogP contribution in [0.1, 0.15) is 37.8 Å². The van der Waals surface area contributed by atoms with E-state index in [1.165, 1.54) is 37.8 Å². The van der Waals surface area contributed by atoms with E-state index in [4.69, 9.17) is 0 Å². The molecule has 3 aliphatic rings. The minimum atomic E-state index is 0.780. The van der Waals surface area contributed by atoms with Crippen molar-refractivity contribution in [2.75, 3.05) is 0 Å². The Kier molecular flexibility index (Phi) is 2.29. The summed E-state index contributed by atoms with van der Waals surface area (Å²) in [6.07, 6.45) is 9.31. The van der Waals surface area contributed by atoms with Gasteiger partial charge in [-0.3, -0.25) is 5.10 Å². The van der Waals surface area contributed by atoms with Crippen molar-refractivity contribution in [1.82, 2.24) is 15.5 Å². The molecule has 0 saturated heterocycles. The smallest absolute Gasteiger partial charge is 0.0490 e. The number of nitrogens with one attached hydrogen (secondary N) is 2. The topological polar surface area (TPSA) is 40.7 Å². The quantitative estimate of drug-likeness (QED) is 0.838. The maximum Gasteiger partial charge on any atom is 0.0490 e. The highest BCUT2D eigenvalue weighted by Gasteiger charge is 2.53. The van der Waals surface area contributed by atoms with Gasteiger partial charge in [0.15, 0.2) is 0 Å². The lowest BCUT2D eigenvalue weighted by molar-refractivity contribution is 0.207. The molecule has 92 valence electrons. The first-order valence-electron chi connectivity index (χ1n) is 7.13. The van der Waals surface area contributed by atoms with E-state index in [9.17, 15) is 0 Å². The van der Waals surface area contributed by atoms with Gasteiger partial charge in [0.2, 0.25) is 0 Å². The summed E-state index contributed by atoms with van der Waals surface area (Å²) in [6.45, 7) is 0.964. The van der Waals surface area contributed by atoms with E-state index >= 15 is 0 Å². The lowest BCUT2D eigenvalue weighted by Gasteiger charge is -2.32. The summed E-state index contributed by atoms with van der Waals surface area (Å²) in [6, 6.07) is 2.85. The van der Waals surface area contributed by atoms with Gasteiger partial charge in [0.1, 0.15) is 0 Å². The first kappa shape index (κ1) is 10.1. The summed E-state index contributed by atoms with van der Waals surface area (Å²) in [5, 5.41) is 10.8. The van der Waals surface area contributed by atoms with Gasteiger partial charge in [0.25, 0.3) is 0 Å². The molecular weight excluding hydrogens is 210 g/mol. The van der Waals surface area contributed by atoms with Crippen molar-refractivity contribution in [1.29, 1.82) is 0 Å². The fourth-order valence-electron chi connectivity index (χ4n) is 4.93. The first-order chi connectivity index (χ1) is 8.42. The lowest BCUT2D eigenvalue weighted by Crippen LogP contribution is -2.38. The number of fused-ring (bicyclic) bond motifs is 5. The Morgan fingerprint density at radius 1 is 1.24 bits per heavy atom. The van der Waals surface area contributed by atoms with E-state index in [0.717, 1.165) is 36.3 Å². The molecule has 5 atom stereocenters. The van der Waals surface area contributed by atoms with Gasteiger partial charge in [-0.05, 0) is 55.4 Å². The Morgan fingerprint density at radius 2 is 2.18 bits per heavy atom. The highest BCUT2D eigenvalue weighted by molar-refractivity contribution is 5.06. The second-order valence-corrected chi connectivity index (χ2v) is 6.22. The highest BCUT2D eigenvalue weighted by atomic mass is 15.1. The molecule has 1 aromatic heterocycles. The SMILES string of the molecule is c1cc(CNC2CC3CC2C2CCCC32)[nH]n1. The summed E-state index contributed by atoms with van der Waals surface area (Å²) < 4.78 is 0. The first-order valence-corrected chi connectivity index (χ1v) is 7.13. The van der Waals surface area contributed by atoms with Crippen LogP contribution < -0.4 is 5.32 Å². The molecule has 1 aromatic rings. The molecule has 1 heterocycles. The fraction of sp³-hybridized carbons (Fsp3) is 0.786. The second-order valence-electron chi connectivity index (χ2n) is 6.22. The monoisotopic (exact) mass is 231 g/mol. The van der Waals surface area contributed by atoms with Crippen molar-refractivity contribution < 1.29 is 0 Å². The van der Waals surface area contributed by atoms with Crippen LogP contribution in [0.4, 0.5) is 0 Å². The standard InChI is InChI=1S/C14H21N3/c1-2-11-9-6-13(12(11)3-1)14(7-9)15-8-10-4-5-16-17-10/h4-5,9,11-15H,1-3,6-8H2,(H,16,17). The summed E-state index contributed by atoms with van der Waals surface area (Å²) in [7, 11) is 0. The van der Waals surface area contributed by atoms with Gasteiger partial charge in [-0.15, -0.1) is 0 Å². The Hall–Kier alpha value is -0.830. The van der Waals surface area contributed by atoms with Gasteiger partial charge in [-0.1, -0.05) is 6.42 Å². The minimum absolute atomic E-state index is 0.780. The van der Waals surface area contributed by atoms with Gasteiger partial charge < -0.3 is 5.32 Å². The second kappa shape index (κ2) is 3.84. The summed E-state index contributed by atoms with van der Waals surface area (Å²) in [5.74, 6) is 4.19. The number of aromatic nitrogens is 2. The number of hydrogen-bond donors (Lipinski definition) is 2. The summed E-state index contributed by atoms with van der Waals surface area (Å²) in [5.41, 5.74) is 1.22. The van der Waals surface area contributed by atoms with Crippen molar-refractivity contribution in [3.05, 3.63) is 18.0 Å². The number of H-pyrrole nitrogens is 1. The van der Waals surface area contributed by atoms with Crippen LogP contribution in [0.2, 0.25) is 0 Å². The van der Waals surface area contributed by atoms with Crippen molar-refractivity contribution in [2.45, 2.75) is 44.7 Å². The molecule has 0 aromatic carbocycles. The molecule has 3 fully saturated rings. The normalized spacial score (nSPS) is 43.2. The molecule has 4 rings (SSSR count). The molecule has 0 radical (unpaired) electrons. The zero-order valence-electron chi connectivity index (χ0n) is 10.2. The van der Waals surface area contributed by atoms with E-state index in [-0.39, 0.29) is 0 Å². The van der Waals surface area contributed by atoms with Crippen molar-refractivity contribution in [2.24, 2.45) is 23.7 Å². The molecular formula is C14H21N3. The minimum Gasteiger partial charge on any atom is -0.308 e. The van der Waals surface area contributed by atoms with Crippen LogP contribution in [0, 0.1) is 23.7 Å². The molecule has 0 aliphatic heterocycles. The van der Waals surface area contributed by atoms with Crippen molar-refractivity contribution in [3.8, 4) is 0 Å². The Morgan fingerprint density at radius 3 is 3.06 bits per heavy atom. The van der Waals surface area contributed by atoms with Crippen LogP contribution in [0.15, 0.2) is 12.3 Å². The van der Waals surface area contributed by atoms with Gasteiger partial charge in [-0.25, -0.2) is 0 Å². The predicted octanol–water partition coefficient (Wildman–Crippen LogP) is 2.32. The van der Waals surface area contributed by atoms with Crippen LogP contribution in [0.5, 0.6) is 0 Å². The molecule has 0 spiro atoms. The van der Waals surface area contributed by atoms with Crippen LogP contribution in [0.25, 0.3) is 0 Å². The van der Waals surface area contributed by atoms with E-state index in [1.54, 1.807) is 0 Å². The number of nitrogens with zero attached hydrogens (tertiary/aromatic N) is 1. The third kappa shape index (κ3) is 1.55. The van der Waals surface area contributed by atoms with E-state index in [1.807, 2.05) is 6.20 Å². The van der Waals surface area contributed by atoms with Gasteiger partial charge in [0, 0.05) is 24.5 Å². The van der Waals surface area contributed by atoms with Crippen LogP contribution >= 0.6 is 0 Å². The van der Waals surface area contributed by atoms with E-state index < -0.39 is 0 Å². The van der Waals surface area contributed by atoms with Crippen LogP contribution in [0.3, 0.4) is 0 Å². The molecule has 3 aliphatic carbocycles. The van der Waals surface area contributed by atoms with Crippen molar-refractivity contribution >= 4 is 0 Å². The third-order valence-electron chi connectivity index (χ3n) is 5.54. The molecule has 2 N–H and O–H groups in total. The highest BCUT2D eigenvalue weighted by Crippen LogP contribution is 2.58. The van der Waals surface area contributed by atoms with Crippen LogP contribution in [-0.4, -0.2) is 16.2 Å².